The van der Waals surface area contributed by atoms with Gasteiger partial charge in [-0.1, -0.05) is 36.4 Å². The molecule has 1 aromatic heterocycles. The van der Waals surface area contributed by atoms with Gasteiger partial charge in [-0.3, -0.25) is 24.1 Å². The predicted octanol–water partition coefficient (Wildman–Crippen LogP) is 4.23. The van der Waals surface area contributed by atoms with Crippen LogP contribution in [0.5, 0.6) is 5.75 Å². The Labute approximate surface area is 401 Å². The quantitative estimate of drug-likeness (QED) is 0.176. The van der Waals surface area contributed by atoms with E-state index >= 15 is 4.39 Å². The number of hydrogen-bond acceptors (Lipinski definition) is 10. The van der Waals surface area contributed by atoms with Gasteiger partial charge in [-0.2, -0.15) is 10.5 Å². The van der Waals surface area contributed by atoms with Crippen molar-refractivity contribution < 1.29 is 33.7 Å². The monoisotopic (exact) mass is 940 g/mol. The second-order valence-electron chi connectivity index (χ2n) is 20.5. The summed E-state index contributed by atoms with van der Waals surface area (Å²) in [6, 6.07) is 20.1. The molecule has 5 aliphatic heterocycles. The van der Waals surface area contributed by atoms with E-state index in [2.05, 4.69) is 54.6 Å². The summed E-state index contributed by atoms with van der Waals surface area (Å²) in [6.07, 6.45) is 13.7. The lowest BCUT2D eigenvalue weighted by Gasteiger charge is -2.61. The van der Waals surface area contributed by atoms with Gasteiger partial charge in [0, 0.05) is 83.2 Å². The summed E-state index contributed by atoms with van der Waals surface area (Å²) in [5, 5.41) is 8.01. The first-order chi connectivity index (χ1) is 33.6. The van der Waals surface area contributed by atoms with E-state index in [0.717, 1.165) is 120 Å². The molecule has 362 valence electrons. The van der Waals surface area contributed by atoms with Gasteiger partial charge >= 0.3 is 0 Å². The van der Waals surface area contributed by atoms with E-state index in [-0.39, 0.29) is 34.7 Å². The van der Waals surface area contributed by atoms with Crippen molar-refractivity contribution in [3.05, 3.63) is 129 Å². The Kier molecular flexibility index (Phi) is 12.7. The molecule has 4 aromatic rings. The highest BCUT2D eigenvalue weighted by atomic mass is 19.1. The van der Waals surface area contributed by atoms with Crippen LogP contribution in [0.4, 0.5) is 4.39 Å². The van der Waals surface area contributed by atoms with Crippen LogP contribution in [0.15, 0.2) is 95.4 Å². The fraction of sp³-hybridized carbons (Fsp3) is 0.491. The van der Waals surface area contributed by atoms with Crippen molar-refractivity contribution >= 4 is 28.5 Å². The first-order valence-corrected chi connectivity index (χ1v) is 25.2. The van der Waals surface area contributed by atoms with E-state index in [1.165, 1.54) is 11.6 Å². The topological polar surface area (TPSA) is 160 Å². The maximum atomic E-state index is 15.1. The van der Waals surface area contributed by atoms with Crippen molar-refractivity contribution in [3.8, 4) is 5.75 Å². The van der Waals surface area contributed by atoms with Crippen molar-refractivity contribution in [2.75, 3.05) is 72.0 Å². The Morgan fingerprint density at radius 3 is 2.29 bits per heavy atom. The number of piperazine rings is 1. The van der Waals surface area contributed by atoms with Gasteiger partial charge in [-0.05, 0) is 105 Å². The Morgan fingerprint density at radius 2 is 1.54 bits per heavy atom. The average molecular weight is 941 g/mol. The average Bonchev–Trinajstić information content (AvgIpc) is 3.35. The molecule has 12 rings (SSSR count). The van der Waals surface area contributed by atoms with Crippen molar-refractivity contribution in [1.29, 1.82) is 0 Å². The highest BCUT2D eigenvalue weighted by Gasteiger charge is 2.62. The third-order valence-corrected chi connectivity index (χ3v) is 15.9. The number of benzene rings is 3. The molecule has 69 heavy (non-hydrogen) atoms. The number of piperidine rings is 3. The molecule has 3 amide bonds. The maximum Gasteiger partial charge on any atom is 0.272 e. The van der Waals surface area contributed by atoms with Crippen LogP contribution in [-0.2, 0) is 20.7 Å². The number of nitrogens with one attached hydrogen (secondary N) is 2. The number of H-pyrrole nitrogens is 1. The number of carbonyl (C=O) groups excluding carboxylic acids is 3. The van der Waals surface area contributed by atoms with E-state index < -0.39 is 11.7 Å². The summed E-state index contributed by atoms with van der Waals surface area (Å²) >= 11 is 0. The number of halogens is 1. The predicted molar refractivity (Wildman–Crippen MR) is 256 cm³/mol. The number of aromatic amines is 1. The van der Waals surface area contributed by atoms with Crippen LogP contribution in [0.25, 0.3) is 10.8 Å². The van der Waals surface area contributed by atoms with Crippen LogP contribution in [0.2, 0.25) is 0 Å². The van der Waals surface area contributed by atoms with Crippen LogP contribution in [0.3, 0.4) is 0 Å². The SMILES string of the molecule is O=C(CN1CCC(OC2CCN(C3=CC(Oc4cccc(C5CCCN(C(=O)C67CC(C6)C7)C5)c4)=CN[NH2+]3)CC2)CC1)N1CCN(C(=O)c2cc(Cc3n[nH]c(=O)c4ccccc34)ccc2F)CC1. The second kappa shape index (κ2) is 19.4. The number of nitrogens with zero attached hydrogens (tertiary/aromatic N) is 6. The van der Waals surface area contributed by atoms with Crippen molar-refractivity contribution in [2.45, 2.75) is 82.3 Å². The van der Waals surface area contributed by atoms with Crippen LogP contribution in [0.1, 0.15) is 90.9 Å². The molecule has 1 atom stereocenters. The minimum absolute atomic E-state index is 0.0129. The minimum Gasteiger partial charge on any atom is -0.455 e. The highest BCUT2D eigenvalue weighted by molar-refractivity contribution is 5.95. The largest absolute Gasteiger partial charge is 0.455 e. The first-order valence-electron chi connectivity index (χ1n) is 25.2. The zero-order valence-corrected chi connectivity index (χ0v) is 39.3. The molecule has 6 heterocycles. The van der Waals surface area contributed by atoms with Crippen LogP contribution in [0, 0.1) is 17.2 Å². The molecule has 2 bridgehead atoms. The molecule has 16 heteroatoms. The van der Waals surface area contributed by atoms with Gasteiger partial charge in [0.25, 0.3) is 11.5 Å². The van der Waals surface area contributed by atoms with Gasteiger partial charge in [-0.25, -0.2) is 14.9 Å². The van der Waals surface area contributed by atoms with Gasteiger partial charge in [0.1, 0.15) is 11.6 Å². The molecular formula is C53H63FN9O6+. The lowest BCUT2D eigenvalue weighted by molar-refractivity contribution is -0.671. The number of ether oxygens (including phenoxy) is 2. The molecule has 7 fully saturated rings. The van der Waals surface area contributed by atoms with Gasteiger partial charge < -0.3 is 29.1 Å². The number of hydrogen-bond donors (Lipinski definition) is 3. The molecule has 3 aromatic carbocycles. The number of amides is 3. The van der Waals surface area contributed by atoms with E-state index in [1.807, 2.05) is 34.7 Å². The number of fused-ring (bicyclic) bond motifs is 1. The smallest absolute Gasteiger partial charge is 0.272 e. The van der Waals surface area contributed by atoms with Crippen molar-refractivity contribution in [2.24, 2.45) is 11.3 Å². The van der Waals surface area contributed by atoms with Crippen molar-refractivity contribution in [3.63, 3.8) is 0 Å². The van der Waals surface area contributed by atoms with E-state index in [9.17, 15) is 19.2 Å². The lowest BCUT2D eigenvalue weighted by atomic mass is 9.44. The number of quaternary nitrogens is 1. The Bertz CT molecular complexity index is 2700. The van der Waals surface area contributed by atoms with Gasteiger partial charge in [-0.15, -0.1) is 0 Å². The number of likely N-dealkylation sites (tertiary alicyclic amines) is 3. The van der Waals surface area contributed by atoms with E-state index in [0.29, 0.717) is 73.0 Å². The van der Waals surface area contributed by atoms with Crippen molar-refractivity contribution in [1.82, 2.24) is 40.1 Å². The fourth-order valence-electron chi connectivity index (χ4n) is 11.8. The fourth-order valence-corrected chi connectivity index (χ4v) is 11.8. The van der Waals surface area contributed by atoms with E-state index in [4.69, 9.17) is 9.47 Å². The lowest BCUT2D eigenvalue weighted by Crippen LogP contribution is -2.93. The molecule has 15 nitrogen and oxygen atoms in total. The minimum atomic E-state index is -0.597. The van der Waals surface area contributed by atoms with Crippen LogP contribution < -0.4 is 21.1 Å². The molecule has 1 unspecified atom stereocenters. The number of allylic oxidation sites excluding steroid dienone is 1. The normalized spacial score (nSPS) is 24.5. The zero-order chi connectivity index (χ0) is 47.1. The molecule has 3 saturated carbocycles. The van der Waals surface area contributed by atoms with Crippen LogP contribution >= 0.6 is 0 Å². The molecule has 4 N–H and O–H groups in total. The standard InChI is InChI=1S/C53H62FN9O6/c54-46-11-10-35(26-47-43-8-1-2-9-44(43)50(65)58-56-47)25-45(46)51(66)62-23-21-61(22-24-62)49(64)34-59-17-12-39(13-18-59)68-40-14-19-60(20-15-40)48-28-42(32-55-57-48)69-41-7-3-5-37(27-41)38-6-4-16-63(33-38)52(67)53-29-36(30-53)31-53/h1-3,5,7-11,25,27-28,32,36,38-40,55,57H,4,6,12-24,26,29-31,33-34H2,(H,58,65)/p+1. The molecule has 8 aliphatic rings. The highest BCUT2D eigenvalue weighted by Crippen LogP contribution is 2.65. The Morgan fingerprint density at radius 1 is 0.797 bits per heavy atom. The number of aromatic nitrogens is 2. The summed E-state index contributed by atoms with van der Waals surface area (Å²) in [5.41, 5.74) is 7.60. The van der Waals surface area contributed by atoms with Crippen LogP contribution in [-0.4, -0.2) is 137 Å². The molecule has 0 radical (unpaired) electrons. The summed E-state index contributed by atoms with van der Waals surface area (Å²) < 4.78 is 28.2. The molecular weight excluding hydrogens is 878 g/mol. The Hall–Kier alpha value is -6.10. The van der Waals surface area contributed by atoms with Gasteiger partial charge in [0.05, 0.1) is 53.1 Å². The summed E-state index contributed by atoms with van der Waals surface area (Å²) in [7, 11) is 0. The maximum absolute atomic E-state index is 15.1. The number of rotatable bonds is 12. The number of nitrogens with two attached hydrogens (primary N) is 1. The third kappa shape index (κ3) is 9.63. The summed E-state index contributed by atoms with van der Waals surface area (Å²) in [4.78, 5) is 62.8. The third-order valence-electron chi connectivity index (χ3n) is 15.9. The summed E-state index contributed by atoms with van der Waals surface area (Å²) in [6.45, 7) is 6.81. The molecule has 3 aliphatic carbocycles. The second-order valence-corrected chi connectivity index (χ2v) is 20.5. The zero-order valence-electron chi connectivity index (χ0n) is 39.3. The summed E-state index contributed by atoms with van der Waals surface area (Å²) in [5.74, 6) is 3.23. The van der Waals surface area contributed by atoms with E-state index in [1.54, 1.807) is 29.2 Å². The van der Waals surface area contributed by atoms with Gasteiger partial charge in [0.15, 0.2) is 5.76 Å². The molecule has 0 spiro atoms. The van der Waals surface area contributed by atoms with Gasteiger partial charge in [0.2, 0.25) is 17.6 Å². The molecule has 4 saturated heterocycles. The Balaban J connectivity index is 0.596. The number of carbonyl (C=O) groups is 3. The first kappa shape index (κ1) is 45.3.